The molecule has 0 unspecified atom stereocenters. The van der Waals surface area contributed by atoms with Crippen molar-refractivity contribution < 1.29 is 9.18 Å². The number of rotatable bonds is 7. The third kappa shape index (κ3) is 5.73. The monoisotopic (exact) mass is 421 g/mol. The molecule has 2 nitrogen and oxygen atoms in total. The molecule has 0 aliphatic carbocycles. The predicted octanol–water partition coefficient (Wildman–Crippen LogP) is 7.27. The summed E-state index contributed by atoms with van der Waals surface area (Å²) in [7, 11) is 0. The second kappa shape index (κ2) is 9.48. The number of hydrogen-bond donors (Lipinski definition) is 1. The molecule has 3 aromatic carbocycles. The van der Waals surface area contributed by atoms with E-state index in [2.05, 4.69) is 26.1 Å². The molecule has 0 aromatic heterocycles. The van der Waals surface area contributed by atoms with Gasteiger partial charge < -0.3 is 5.32 Å². The highest BCUT2D eigenvalue weighted by Crippen LogP contribution is 2.28. The van der Waals surface area contributed by atoms with Crippen LogP contribution in [0.25, 0.3) is 0 Å². The molecule has 4 heteroatoms. The summed E-state index contributed by atoms with van der Waals surface area (Å²) in [5.41, 5.74) is 3.58. The van der Waals surface area contributed by atoms with E-state index in [1.54, 1.807) is 17.8 Å². The second-order valence-corrected chi connectivity index (χ2v) is 9.31. The molecule has 3 aromatic rings. The first-order valence-corrected chi connectivity index (χ1v) is 11.3. The smallest absolute Gasteiger partial charge is 0.165 e. The fraction of sp³-hybridized carbons (Fsp3) is 0.269. The van der Waals surface area contributed by atoms with E-state index in [-0.39, 0.29) is 29.5 Å². The average molecular weight is 422 g/mol. The highest BCUT2D eigenvalue weighted by molar-refractivity contribution is 7.98. The van der Waals surface area contributed by atoms with Crippen LogP contribution in [0.15, 0.2) is 77.7 Å². The van der Waals surface area contributed by atoms with Gasteiger partial charge in [-0.3, -0.25) is 4.79 Å². The highest BCUT2D eigenvalue weighted by atomic mass is 32.2. The Kier molecular flexibility index (Phi) is 6.99. The molecular formula is C26H28FNOS. The molecule has 1 N–H and O–H groups in total. The fourth-order valence-electron chi connectivity index (χ4n) is 3.33. The Bertz CT molecular complexity index is 991. The molecule has 0 radical (unpaired) electrons. The lowest BCUT2D eigenvalue weighted by Gasteiger charge is -2.21. The molecule has 30 heavy (non-hydrogen) atoms. The maximum atomic E-state index is 13.7. The number of ketones is 1. The molecule has 156 valence electrons. The van der Waals surface area contributed by atoms with Crippen LogP contribution in [0.5, 0.6) is 0 Å². The summed E-state index contributed by atoms with van der Waals surface area (Å²) < 4.78 is 13.7. The number of carbonyl (C=O) groups excluding carboxylic acids is 1. The average Bonchev–Trinajstić information content (AvgIpc) is 2.73. The van der Waals surface area contributed by atoms with Crippen molar-refractivity contribution in [2.75, 3.05) is 11.6 Å². The van der Waals surface area contributed by atoms with Crippen LogP contribution >= 0.6 is 11.8 Å². The number of anilines is 1. The van der Waals surface area contributed by atoms with Gasteiger partial charge in [-0.15, -0.1) is 11.8 Å². The van der Waals surface area contributed by atoms with Crippen LogP contribution in [0, 0.1) is 5.82 Å². The van der Waals surface area contributed by atoms with E-state index in [1.807, 2.05) is 60.9 Å². The van der Waals surface area contributed by atoms with Crippen LogP contribution in [0.4, 0.5) is 10.1 Å². The number of Topliss-reactive ketones (excluding diaryl/α,β-unsaturated/α-hetero) is 1. The van der Waals surface area contributed by atoms with Crippen molar-refractivity contribution in [3.63, 3.8) is 0 Å². The van der Waals surface area contributed by atoms with Gasteiger partial charge in [0.1, 0.15) is 5.82 Å². The molecule has 0 fully saturated rings. The Morgan fingerprint density at radius 3 is 2.23 bits per heavy atom. The Morgan fingerprint density at radius 2 is 1.67 bits per heavy atom. The van der Waals surface area contributed by atoms with E-state index in [1.165, 1.54) is 17.7 Å². The van der Waals surface area contributed by atoms with Crippen molar-refractivity contribution in [2.24, 2.45) is 0 Å². The van der Waals surface area contributed by atoms with Crippen molar-refractivity contribution >= 4 is 23.2 Å². The van der Waals surface area contributed by atoms with Gasteiger partial charge in [0.25, 0.3) is 0 Å². The SMILES string of the molecule is CSc1ccc([C@H](CC(=O)c2ccc(C(C)(C)C)cc2)Nc2cccc(F)c2)cc1. The zero-order chi connectivity index (χ0) is 21.7. The van der Waals surface area contributed by atoms with Gasteiger partial charge in [0.05, 0.1) is 6.04 Å². The summed E-state index contributed by atoms with van der Waals surface area (Å²) in [5, 5.41) is 3.34. The first kappa shape index (κ1) is 22.1. The van der Waals surface area contributed by atoms with E-state index in [4.69, 9.17) is 0 Å². The molecule has 1 atom stereocenters. The molecule has 0 spiro atoms. The van der Waals surface area contributed by atoms with Crippen LogP contribution in [-0.2, 0) is 5.41 Å². The lowest BCUT2D eigenvalue weighted by atomic mass is 9.86. The van der Waals surface area contributed by atoms with Crippen LogP contribution in [0.3, 0.4) is 0 Å². The summed E-state index contributed by atoms with van der Waals surface area (Å²) in [6.07, 6.45) is 2.31. The maximum absolute atomic E-state index is 13.7. The van der Waals surface area contributed by atoms with E-state index in [0.29, 0.717) is 11.3 Å². The van der Waals surface area contributed by atoms with Crippen molar-refractivity contribution in [1.82, 2.24) is 0 Å². The minimum Gasteiger partial charge on any atom is -0.378 e. The zero-order valence-corrected chi connectivity index (χ0v) is 18.7. The first-order chi connectivity index (χ1) is 14.3. The Morgan fingerprint density at radius 1 is 1.00 bits per heavy atom. The van der Waals surface area contributed by atoms with E-state index >= 15 is 0 Å². The number of benzene rings is 3. The summed E-state index contributed by atoms with van der Waals surface area (Å²) >= 11 is 1.67. The standard InChI is InChI=1S/C26H28FNOS/c1-26(2,3)20-12-8-19(9-13-20)25(29)17-24(18-10-14-23(30-4)15-11-18)28-22-7-5-6-21(27)16-22/h5-16,24,28H,17H2,1-4H3/t24-/m0/s1. The fourth-order valence-corrected chi connectivity index (χ4v) is 3.74. The van der Waals surface area contributed by atoms with Crippen molar-refractivity contribution in [2.45, 2.75) is 43.5 Å². The summed E-state index contributed by atoms with van der Waals surface area (Å²) in [5.74, 6) is -0.251. The van der Waals surface area contributed by atoms with Gasteiger partial charge in [-0.05, 0) is 53.1 Å². The summed E-state index contributed by atoms with van der Waals surface area (Å²) in [6.45, 7) is 6.46. The second-order valence-electron chi connectivity index (χ2n) is 8.44. The molecule has 0 saturated carbocycles. The number of carbonyl (C=O) groups is 1. The highest BCUT2D eigenvalue weighted by Gasteiger charge is 2.19. The minimum atomic E-state index is -0.305. The molecule has 3 rings (SSSR count). The lowest BCUT2D eigenvalue weighted by Crippen LogP contribution is -2.16. The third-order valence-electron chi connectivity index (χ3n) is 5.15. The van der Waals surface area contributed by atoms with Crippen LogP contribution in [0.1, 0.15) is 54.7 Å². The topological polar surface area (TPSA) is 29.1 Å². The molecule has 0 bridgehead atoms. The molecule has 0 aliphatic rings. The molecule has 0 heterocycles. The molecular weight excluding hydrogens is 393 g/mol. The third-order valence-corrected chi connectivity index (χ3v) is 5.89. The number of thioether (sulfide) groups is 1. The van der Waals surface area contributed by atoms with Crippen LogP contribution in [0.2, 0.25) is 0 Å². The van der Waals surface area contributed by atoms with Crippen LogP contribution in [-0.4, -0.2) is 12.0 Å². The summed E-state index contributed by atoms with van der Waals surface area (Å²) in [6, 6.07) is 22.1. The van der Waals surface area contributed by atoms with Gasteiger partial charge in [0.2, 0.25) is 0 Å². The van der Waals surface area contributed by atoms with Crippen molar-refractivity contribution in [3.05, 3.63) is 95.3 Å². The van der Waals surface area contributed by atoms with E-state index < -0.39 is 0 Å². The minimum absolute atomic E-state index is 0.0437. The predicted molar refractivity (Wildman–Crippen MR) is 125 cm³/mol. The first-order valence-electron chi connectivity index (χ1n) is 10.1. The molecule has 0 aliphatic heterocycles. The Labute approximate surface area is 182 Å². The van der Waals surface area contributed by atoms with Crippen LogP contribution < -0.4 is 5.32 Å². The maximum Gasteiger partial charge on any atom is 0.165 e. The van der Waals surface area contributed by atoms with E-state index in [0.717, 1.165) is 10.5 Å². The van der Waals surface area contributed by atoms with Gasteiger partial charge in [-0.2, -0.15) is 0 Å². The largest absolute Gasteiger partial charge is 0.378 e. The summed E-state index contributed by atoms with van der Waals surface area (Å²) in [4.78, 5) is 14.2. The quantitative estimate of drug-likeness (QED) is 0.321. The van der Waals surface area contributed by atoms with E-state index in [9.17, 15) is 9.18 Å². The van der Waals surface area contributed by atoms with Gasteiger partial charge in [0.15, 0.2) is 5.78 Å². The van der Waals surface area contributed by atoms with Gasteiger partial charge in [0, 0.05) is 22.6 Å². The Balaban J connectivity index is 1.84. The molecule has 0 saturated heterocycles. The lowest BCUT2D eigenvalue weighted by molar-refractivity contribution is 0.0976. The number of hydrogen-bond acceptors (Lipinski definition) is 3. The van der Waals surface area contributed by atoms with Gasteiger partial charge >= 0.3 is 0 Å². The van der Waals surface area contributed by atoms with Gasteiger partial charge in [-0.1, -0.05) is 63.2 Å². The van der Waals surface area contributed by atoms with Crippen molar-refractivity contribution in [3.8, 4) is 0 Å². The van der Waals surface area contributed by atoms with Crippen molar-refractivity contribution in [1.29, 1.82) is 0 Å². The molecule has 0 amide bonds. The normalized spacial score (nSPS) is 12.4. The zero-order valence-electron chi connectivity index (χ0n) is 17.9. The van der Waals surface area contributed by atoms with Gasteiger partial charge in [-0.25, -0.2) is 4.39 Å². The Hall–Kier alpha value is -2.59. The number of halogens is 1. The number of nitrogens with one attached hydrogen (secondary N) is 1.